The third kappa shape index (κ3) is 4.06. The lowest BCUT2D eigenvalue weighted by Crippen LogP contribution is -2.43. The molecular weight excluding hydrogens is 318 g/mol. The second-order valence-electron chi connectivity index (χ2n) is 7.52. The Morgan fingerprint density at radius 1 is 1.29 bits per heavy atom. The van der Waals surface area contributed by atoms with E-state index in [-0.39, 0.29) is 0 Å². The highest BCUT2D eigenvalue weighted by Crippen LogP contribution is 2.30. The highest BCUT2D eigenvalue weighted by Gasteiger charge is 2.30. The predicted molar refractivity (Wildman–Crippen MR) is 101 cm³/mol. The molecule has 4 nitrogen and oxygen atoms in total. The zero-order chi connectivity index (χ0) is 17.1. The summed E-state index contributed by atoms with van der Waals surface area (Å²) >= 11 is 0. The molecule has 1 aromatic heterocycles. The lowest BCUT2D eigenvalue weighted by Gasteiger charge is -2.38. The summed E-state index contributed by atoms with van der Waals surface area (Å²) in [5, 5.41) is 0.632. The number of para-hydroxylation sites is 2. The first-order valence-electron chi connectivity index (χ1n) is 9.08. The quantitative estimate of drug-likeness (QED) is 0.864. The van der Waals surface area contributed by atoms with Gasteiger partial charge in [0.25, 0.3) is 0 Å². The number of fused-ring (bicyclic) bond motifs is 1. The van der Waals surface area contributed by atoms with Crippen LogP contribution in [0.2, 0.25) is 0 Å². The summed E-state index contributed by atoms with van der Waals surface area (Å²) in [5.74, 6) is 1.88. The number of benzene rings is 1. The van der Waals surface area contributed by atoms with Crippen molar-refractivity contribution in [2.75, 3.05) is 19.3 Å². The second kappa shape index (κ2) is 7.79. The topological polar surface area (TPSA) is 49.0 Å². The summed E-state index contributed by atoms with van der Waals surface area (Å²) in [6.07, 6.45) is 4.96. The molecule has 0 aliphatic heterocycles. The molecule has 1 aliphatic carbocycles. The van der Waals surface area contributed by atoms with E-state index in [4.69, 9.17) is 0 Å². The molecular formula is C19H29N3OS. The van der Waals surface area contributed by atoms with Gasteiger partial charge in [-0.05, 0) is 43.9 Å². The lowest BCUT2D eigenvalue weighted by molar-refractivity contribution is 0.129. The van der Waals surface area contributed by atoms with Crippen LogP contribution in [0.4, 0.5) is 0 Å². The van der Waals surface area contributed by atoms with Gasteiger partial charge in [-0.1, -0.05) is 38.8 Å². The van der Waals surface area contributed by atoms with Crippen molar-refractivity contribution in [2.45, 2.75) is 50.7 Å². The highest BCUT2D eigenvalue weighted by atomic mass is 32.2. The van der Waals surface area contributed by atoms with Crippen molar-refractivity contribution in [1.29, 1.82) is 0 Å². The number of aromatic amines is 1. The van der Waals surface area contributed by atoms with E-state index >= 15 is 0 Å². The van der Waals surface area contributed by atoms with Crippen molar-refractivity contribution in [1.82, 2.24) is 14.9 Å². The molecule has 5 heteroatoms. The van der Waals surface area contributed by atoms with Crippen LogP contribution in [-0.4, -0.2) is 44.5 Å². The summed E-state index contributed by atoms with van der Waals surface area (Å²) < 4.78 is 12.9. The summed E-state index contributed by atoms with van der Waals surface area (Å²) in [5.41, 5.74) is 1.87. The maximum Gasteiger partial charge on any atom is 0.197 e. The van der Waals surface area contributed by atoms with Crippen molar-refractivity contribution in [3.05, 3.63) is 24.3 Å². The average Bonchev–Trinajstić information content (AvgIpc) is 2.99. The van der Waals surface area contributed by atoms with E-state index in [0.717, 1.165) is 17.6 Å². The Labute approximate surface area is 147 Å². The number of imidazole rings is 1. The maximum atomic E-state index is 12.9. The molecule has 0 spiro atoms. The molecule has 3 unspecified atom stereocenters. The van der Waals surface area contributed by atoms with Gasteiger partial charge in [-0.3, -0.25) is 4.21 Å². The number of nitrogens with one attached hydrogen (secondary N) is 1. The Morgan fingerprint density at radius 2 is 2.04 bits per heavy atom. The van der Waals surface area contributed by atoms with Gasteiger partial charge in [-0.15, -0.1) is 0 Å². The van der Waals surface area contributed by atoms with Crippen LogP contribution < -0.4 is 0 Å². The van der Waals surface area contributed by atoms with E-state index in [1.54, 1.807) is 0 Å². The largest absolute Gasteiger partial charge is 0.331 e. The third-order valence-corrected chi connectivity index (χ3v) is 6.39. The zero-order valence-corrected chi connectivity index (χ0v) is 15.8. The number of nitrogens with zero attached hydrogens (tertiary/aromatic N) is 2. The van der Waals surface area contributed by atoms with Gasteiger partial charge in [0, 0.05) is 18.3 Å². The fourth-order valence-electron chi connectivity index (χ4n) is 3.98. The van der Waals surface area contributed by atoms with Crippen molar-refractivity contribution >= 4 is 21.8 Å². The first-order chi connectivity index (χ1) is 11.5. The standard InChI is InChI=1S/C19H29N3OS/c1-14(2)12-22(3)18-11-7-4-8-15(18)13-24(23)19-20-16-9-5-6-10-17(16)21-19/h5-6,9-10,14-15,18H,4,7-8,11-13H2,1-3H3,(H,20,21). The summed E-state index contributed by atoms with van der Waals surface area (Å²) in [4.78, 5) is 10.3. The Morgan fingerprint density at radius 3 is 2.79 bits per heavy atom. The molecule has 0 bridgehead atoms. The fourth-order valence-corrected chi connectivity index (χ4v) is 5.34. The van der Waals surface area contributed by atoms with Gasteiger partial charge in [0.2, 0.25) is 0 Å². The minimum atomic E-state index is -1.06. The van der Waals surface area contributed by atoms with Gasteiger partial charge in [-0.2, -0.15) is 0 Å². The number of H-pyrrole nitrogens is 1. The fraction of sp³-hybridized carbons (Fsp3) is 0.632. The summed E-state index contributed by atoms with van der Waals surface area (Å²) in [7, 11) is 1.17. The molecule has 132 valence electrons. The first-order valence-corrected chi connectivity index (χ1v) is 10.4. The molecule has 1 N–H and O–H groups in total. The van der Waals surface area contributed by atoms with E-state index in [9.17, 15) is 4.21 Å². The SMILES string of the molecule is CC(C)CN(C)C1CCCCC1CS(=O)c1nc2ccccc2[nH]1. The number of aromatic nitrogens is 2. The molecule has 0 radical (unpaired) electrons. The van der Waals surface area contributed by atoms with Gasteiger partial charge in [0.1, 0.15) is 0 Å². The molecule has 1 aliphatic rings. The summed E-state index contributed by atoms with van der Waals surface area (Å²) in [6.45, 7) is 5.64. The monoisotopic (exact) mass is 347 g/mol. The van der Waals surface area contributed by atoms with Gasteiger partial charge < -0.3 is 9.88 Å². The van der Waals surface area contributed by atoms with Crippen LogP contribution in [0.15, 0.2) is 29.4 Å². The van der Waals surface area contributed by atoms with Gasteiger partial charge in [-0.25, -0.2) is 4.98 Å². The molecule has 0 saturated heterocycles. The van der Waals surface area contributed by atoms with Crippen LogP contribution in [0.3, 0.4) is 0 Å². The number of hydrogen-bond donors (Lipinski definition) is 1. The molecule has 1 saturated carbocycles. The molecule has 1 heterocycles. The Hall–Kier alpha value is -1.20. The van der Waals surface area contributed by atoms with Crippen LogP contribution in [0, 0.1) is 11.8 Å². The van der Waals surface area contributed by atoms with Crippen LogP contribution in [-0.2, 0) is 10.8 Å². The summed E-state index contributed by atoms with van der Waals surface area (Å²) in [6, 6.07) is 8.45. The van der Waals surface area contributed by atoms with E-state index in [1.807, 2.05) is 24.3 Å². The van der Waals surface area contributed by atoms with Crippen LogP contribution in [0.1, 0.15) is 39.5 Å². The Balaban J connectivity index is 1.71. The number of hydrogen-bond acceptors (Lipinski definition) is 3. The molecule has 0 amide bonds. The number of rotatable bonds is 6. The van der Waals surface area contributed by atoms with E-state index in [1.165, 1.54) is 25.7 Å². The van der Waals surface area contributed by atoms with Gasteiger partial charge in [0.15, 0.2) is 5.16 Å². The molecule has 3 atom stereocenters. The van der Waals surface area contributed by atoms with Gasteiger partial charge >= 0.3 is 0 Å². The van der Waals surface area contributed by atoms with Crippen LogP contribution in [0.25, 0.3) is 11.0 Å². The minimum absolute atomic E-state index is 0.497. The highest BCUT2D eigenvalue weighted by molar-refractivity contribution is 7.84. The van der Waals surface area contributed by atoms with Crippen LogP contribution in [0.5, 0.6) is 0 Å². The Bertz CT molecular complexity index is 664. The first kappa shape index (κ1) is 17.6. The molecule has 1 fully saturated rings. The minimum Gasteiger partial charge on any atom is -0.331 e. The van der Waals surface area contributed by atoms with E-state index in [0.29, 0.717) is 28.8 Å². The van der Waals surface area contributed by atoms with Crippen molar-refractivity contribution in [3.8, 4) is 0 Å². The maximum absolute atomic E-state index is 12.9. The van der Waals surface area contributed by atoms with Crippen LogP contribution >= 0.6 is 0 Å². The van der Waals surface area contributed by atoms with Gasteiger partial charge in [0.05, 0.1) is 21.8 Å². The molecule has 1 aromatic carbocycles. The predicted octanol–water partition coefficient (Wildman–Crippen LogP) is 3.82. The van der Waals surface area contributed by atoms with Crippen molar-refractivity contribution in [2.24, 2.45) is 11.8 Å². The molecule has 3 rings (SSSR count). The normalized spacial score (nSPS) is 23.2. The Kier molecular flexibility index (Phi) is 5.72. The average molecular weight is 348 g/mol. The van der Waals surface area contributed by atoms with E-state index < -0.39 is 10.8 Å². The molecule has 24 heavy (non-hydrogen) atoms. The van der Waals surface area contributed by atoms with Crippen molar-refractivity contribution < 1.29 is 4.21 Å². The van der Waals surface area contributed by atoms with Crippen molar-refractivity contribution in [3.63, 3.8) is 0 Å². The smallest absolute Gasteiger partial charge is 0.197 e. The third-order valence-electron chi connectivity index (χ3n) is 5.04. The van der Waals surface area contributed by atoms with E-state index in [2.05, 4.69) is 35.8 Å². The molecule has 2 aromatic rings. The second-order valence-corrected chi connectivity index (χ2v) is 8.93. The zero-order valence-electron chi connectivity index (χ0n) is 15.0. The lowest BCUT2D eigenvalue weighted by atomic mass is 9.84.